The number of halogens is 1. The number of hydrogen-bond donors (Lipinski definition) is 1. The third-order valence-electron chi connectivity index (χ3n) is 2.33. The quantitative estimate of drug-likeness (QED) is 0.868. The monoisotopic (exact) mass is 319 g/mol. The Morgan fingerprint density at radius 3 is 3.13 bits per heavy atom. The highest BCUT2D eigenvalue weighted by Gasteiger charge is 2.13. The van der Waals surface area contributed by atoms with Crippen LogP contribution in [0.2, 0.25) is 0 Å². The summed E-state index contributed by atoms with van der Waals surface area (Å²) in [4.78, 5) is 0. The molecule has 0 spiro atoms. The zero-order chi connectivity index (χ0) is 10.5. The van der Waals surface area contributed by atoms with Gasteiger partial charge >= 0.3 is 0 Å². The number of rotatable bonds is 3. The Kier molecular flexibility index (Phi) is 4.22. The van der Waals surface area contributed by atoms with Gasteiger partial charge in [-0.2, -0.15) is 0 Å². The van der Waals surface area contributed by atoms with E-state index in [9.17, 15) is 0 Å². The smallest absolute Gasteiger partial charge is 0.147 e. The number of benzene rings is 1. The predicted molar refractivity (Wildman–Crippen MR) is 68.0 cm³/mol. The molecule has 1 N–H and O–H groups in total. The van der Waals surface area contributed by atoms with Gasteiger partial charge in [0, 0.05) is 15.8 Å². The van der Waals surface area contributed by atoms with Crippen LogP contribution in [0.5, 0.6) is 0 Å². The molecule has 0 amide bonds. The molecule has 82 valence electrons. The summed E-state index contributed by atoms with van der Waals surface area (Å²) in [6.45, 7) is 2.08. The molecule has 1 atom stereocenters. The first-order chi connectivity index (χ1) is 7.34. The van der Waals surface area contributed by atoms with Crippen molar-refractivity contribution in [2.75, 3.05) is 25.3 Å². The first-order valence-electron chi connectivity index (χ1n) is 5.03. The second kappa shape index (κ2) is 5.67. The summed E-state index contributed by atoms with van der Waals surface area (Å²) in [6, 6.07) is 8.33. The van der Waals surface area contributed by atoms with E-state index >= 15 is 0 Å². The van der Waals surface area contributed by atoms with Gasteiger partial charge in [0.2, 0.25) is 0 Å². The molecule has 0 aliphatic carbocycles. The van der Waals surface area contributed by atoms with Crippen LogP contribution in [0.1, 0.15) is 6.42 Å². The summed E-state index contributed by atoms with van der Waals surface area (Å²) in [7, 11) is 0. The molecule has 1 aromatic carbocycles. The summed E-state index contributed by atoms with van der Waals surface area (Å²) >= 11 is 2.31. The fourth-order valence-electron chi connectivity index (χ4n) is 1.49. The minimum atomic E-state index is 0.275. The van der Waals surface area contributed by atoms with E-state index in [1.807, 2.05) is 0 Å². The first-order valence-corrected chi connectivity index (χ1v) is 6.11. The topological polar surface area (TPSA) is 30.5 Å². The Balaban J connectivity index is 1.81. The maximum Gasteiger partial charge on any atom is 0.147 e. The van der Waals surface area contributed by atoms with Gasteiger partial charge < -0.3 is 14.8 Å². The van der Waals surface area contributed by atoms with E-state index in [4.69, 9.17) is 9.47 Å². The van der Waals surface area contributed by atoms with E-state index in [0.29, 0.717) is 6.79 Å². The third-order valence-corrected chi connectivity index (χ3v) is 3.00. The third kappa shape index (κ3) is 3.62. The lowest BCUT2D eigenvalue weighted by atomic mass is 10.2. The summed E-state index contributed by atoms with van der Waals surface area (Å²) in [5.41, 5.74) is 1.15. The summed E-state index contributed by atoms with van der Waals surface area (Å²) < 4.78 is 11.8. The Bertz CT molecular complexity index is 313. The summed E-state index contributed by atoms with van der Waals surface area (Å²) in [6.07, 6.45) is 1.24. The van der Waals surface area contributed by atoms with E-state index < -0.39 is 0 Å². The van der Waals surface area contributed by atoms with Crippen molar-refractivity contribution in [3.8, 4) is 0 Å². The zero-order valence-corrected chi connectivity index (χ0v) is 10.6. The Labute approximate surface area is 103 Å². The van der Waals surface area contributed by atoms with Gasteiger partial charge in [-0.1, -0.05) is 6.07 Å². The van der Waals surface area contributed by atoms with E-state index in [2.05, 4.69) is 52.2 Å². The van der Waals surface area contributed by atoms with Gasteiger partial charge in [0.25, 0.3) is 0 Å². The SMILES string of the molecule is Ic1cccc(NCC2CCOCO2)c1. The molecule has 0 aromatic heterocycles. The van der Waals surface area contributed by atoms with Crippen LogP contribution >= 0.6 is 22.6 Å². The van der Waals surface area contributed by atoms with Crippen LogP contribution < -0.4 is 5.32 Å². The molecule has 1 aliphatic rings. The van der Waals surface area contributed by atoms with E-state index in [1.165, 1.54) is 3.57 Å². The lowest BCUT2D eigenvalue weighted by Crippen LogP contribution is -2.30. The first kappa shape index (κ1) is 11.2. The average Bonchev–Trinajstić information content (AvgIpc) is 2.28. The van der Waals surface area contributed by atoms with Crippen molar-refractivity contribution in [1.82, 2.24) is 0 Å². The molecule has 1 fully saturated rings. The van der Waals surface area contributed by atoms with Crippen molar-refractivity contribution in [3.05, 3.63) is 27.8 Å². The van der Waals surface area contributed by atoms with Crippen LogP contribution in [0.4, 0.5) is 5.69 Å². The van der Waals surface area contributed by atoms with Crippen LogP contribution in [0.3, 0.4) is 0 Å². The summed E-state index contributed by atoms with van der Waals surface area (Å²) in [5.74, 6) is 0. The second-order valence-corrected chi connectivity index (χ2v) is 4.74. The van der Waals surface area contributed by atoms with Crippen molar-refractivity contribution < 1.29 is 9.47 Å². The highest BCUT2D eigenvalue weighted by molar-refractivity contribution is 14.1. The van der Waals surface area contributed by atoms with Crippen LogP contribution in [0.15, 0.2) is 24.3 Å². The molecule has 0 saturated carbocycles. The molecule has 1 unspecified atom stereocenters. The largest absolute Gasteiger partial charge is 0.382 e. The summed E-state index contributed by atoms with van der Waals surface area (Å²) in [5, 5.41) is 3.37. The van der Waals surface area contributed by atoms with Crippen molar-refractivity contribution in [2.45, 2.75) is 12.5 Å². The second-order valence-electron chi connectivity index (χ2n) is 3.49. The van der Waals surface area contributed by atoms with E-state index in [0.717, 1.165) is 25.3 Å². The van der Waals surface area contributed by atoms with Crippen molar-refractivity contribution in [1.29, 1.82) is 0 Å². The fraction of sp³-hybridized carbons (Fsp3) is 0.455. The number of ether oxygens (including phenoxy) is 2. The minimum absolute atomic E-state index is 0.275. The van der Waals surface area contributed by atoms with Gasteiger partial charge in [-0.05, 0) is 47.2 Å². The van der Waals surface area contributed by atoms with Gasteiger partial charge in [0.15, 0.2) is 0 Å². The Hall–Kier alpha value is -0.330. The Morgan fingerprint density at radius 1 is 1.47 bits per heavy atom. The Morgan fingerprint density at radius 2 is 2.40 bits per heavy atom. The lowest BCUT2D eigenvalue weighted by molar-refractivity contribution is -0.133. The molecule has 2 rings (SSSR count). The van der Waals surface area contributed by atoms with E-state index in [-0.39, 0.29) is 6.10 Å². The normalized spacial score (nSPS) is 21.3. The highest BCUT2D eigenvalue weighted by Crippen LogP contribution is 2.13. The van der Waals surface area contributed by atoms with Gasteiger partial charge in [0.05, 0.1) is 12.7 Å². The van der Waals surface area contributed by atoms with Crippen LogP contribution in [0, 0.1) is 3.57 Å². The van der Waals surface area contributed by atoms with Crippen LogP contribution in [-0.4, -0.2) is 26.0 Å². The predicted octanol–water partition coefficient (Wildman–Crippen LogP) is 2.47. The van der Waals surface area contributed by atoms with E-state index in [1.54, 1.807) is 0 Å². The average molecular weight is 319 g/mol. The molecule has 1 aliphatic heterocycles. The number of nitrogens with one attached hydrogen (secondary N) is 1. The van der Waals surface area contributed by atoms with Crippen LogP contribution in [-0.2, 0) is 9.47 Å². The number of anilines is 1. The standard InChI is InChI=1S/C11H14INO2/c12-9-2-1-3-10(6-9)13-7-11-4-5-14-8-15-11/h1-3,6,11,13H,4-5,7-8H2. The molecule has 4 heteroatoms. The van der Waals surface area contributed by atoms with Gasteiger partial charge in [-0.25, -0.2) is 0 Å². The number of hydrogen-bond acceptors (Lipinski definition) is 3. The molecule has 3 nitrogen and oxygen atoms in total. The maximum atomic E-state index is 5.44. The van der Waals surface area contributed by atoms with Gasteiger partial charge in [-0.15, -0.1) is 0 Å². The molecule has 15 heavy (non-hydrogen) atoms. The molecule has 1 heterocycles. The maximum absolute atomic E-state index is 5.44. The van der Waals surface area contributed by atoms with Crippen molar-refractivity contribution in [2.24, 2.45) is 0 Å². The lowest BCUT2D eigenvalue weighted by Gasteiger charge is -2.23. The van der Waals surface area contributed by atoms with Crippen LogP contribution in [0.25, 0.3) is 0 Å². The molecular formula is C11H14INO2. The molecule has 1 saturated heterocycles. The zero-order valence-electron chi connectivity index (χ0n) is 8.41. The molecular weight excluding hydrogens is 305 g/mol. The fourth-order valence-corrected chi connectivity index (χ4v) is 2.04. The molecule has 0 bridgehead atoms. The van der Waals surface area contributed by atoms with Gasteiger partial charge in [0.1, 0.15) is 6.79 Å². The molecule has 1 aromatic rings. The van der Waals surface area contributed by atoms with Crippen molar-refractivity contribution >= 4 is 28.3 Å². The minimum Gasteiger partial charge on any atom is -0.382 e. The van der Waals surface area contributed by atoms with Crippen molar-refractivity contribution in [3.63, 3.8) is 0 Å². The highest BCUT2D eigenvalue weighted by atomic mass is 127. The molecule has 0 radical (unpaired) electrons. The van der Waals surface area contributed by atoms with Gasteiger partial charge in [-0.3, -0.25) is 0 Å².